The number of pyridine rings is 1. The van der Waals surface area contributed by atoms with Gasteiger partial charge in [0.25, 0.3) is 5.56 Å². The molecule has 33 heavy (non-hydrogen) atoms. The highest BCUT2D eigenvalue weighted by Gasteiger charge is 2.15. The summed E-state index contributed by atoms with van der Waals surface area (Å²) in [5, 5.41) is 0. The van der Waals surface area contributed by atoms with Crippen LogP contribution in [0.3, 0.4) is 0 Å². The maximum absolute atomic E-state index is 13.8. The predicted molar refractivity (Wildman–Crippen MR) is 128 cm³/mol. The van der Waals surface area contributed by atoms with Crippen molar-refractivity contribution in [3.63, 3.8) is 0 Å². The minimum Gasteiger partial charge on any atom is -0.487 e. The van der Waals surface area contributed by atoms with E-state index in [1.165, 1.54) is 10.6 Å². The Labute approximate surface area is 204 Å². The number of halogens is 4. The summed E-state index contributed by atoms with van der Waals surface area (Å²) >= 11 is 3.27. The molecule has 0 saturated carbocycles. The van der Waals surface area contributed by atoms with Crippen molar-refractivity contribution < 1.29 is 18.3 Å². The third kappa shape index (κ3) is 6.63. The highest BCUT2D eigenvalue weighted by atomic mass is 79.9. The Morgan fingerprint density at radius 1 is 1.15 bits per heavy atom. The van der Waals surface area contributed by atoms with Crippen LogP contribution in [0.5, 0.6) is 5.75 Å². The summed E-state index contributed by atoms with van der Waals surface area (Å²) in [6.45, 7) is 2.29. The van der Waals surface area contributed by atoms with Crippen molar-refractivity contribution in [2.24, 2.45) is 5.73 Å². The van der Waals surface area contributed by atoms with Gasteiger partial charge in [0.1, 0.15) is 28.5 Å². The number of benzene rings is 2. The van der Waals surface area contributed by atoms with Crippen molar-refractivity contribution in [3.05, 3.63) is 91.8 Å². The Balaban J connectivity index is 0.00000385. The molecule has 6 nitrogen and oxygen atoms in total. The number of rotatable bonds is 8. The molecule has 0 aliphatic heterocycles. The first-order valence-corrected chi connectivity index (χ1v) is 10.5. The number of nitrogens with zero attached hydrogens (tertiary/aromatic N) is 2. The zero-order valence-electron chi connectivity index (χ0n) is 18.0. The van der Waals surface area contributed by atoms with Crippen LogP contribution in [0.4, 0.5) is 8.78 Å². The van der Waals surface area contributed by atoms with Gasteiger partial charge in [-0.25, -0.2) is 8.78 Å². The second-order valence-corrected chi connectivity index (χ2v) is 8.23. The number of nitrogens with two attached hydrogens (primary N) is 1. The highest BCUT2D eigenvalue weighted by molar-refractivity contribution is 9.10. The van der Waals surface area contributed by atoms with Crippen LogP contribution in [0, 0.1) is 18.6 Å². The van der Waals surface area contributed by atoms with Crippen molar-refractivity contribution in [2.75, 3.05) is 13.6 Å². The number of primary amides is 1. The summed E-state index contributed by atoms with van der Waals surface area (Å²) in [4.78, 5) is 25.8. The lowest BCUT2D eigenvalue weighted by atomic mass is 10.2. The van der Waals surface area contributed by atoms with Crippen molar-refractivity contribution in [1.29, 1.82) is 0 Å². The number of amides is 1. The molecule has 3 aromatic rings. The van der Waals surface area contributed by atoms with E-state index in [0.717, 1.165) is 17.7 Å². The number of carbonyl (C=O) groups is 1. The Bertz CT molecular complexity index is 1200. The molecular formula is C23H23BrClF2N3O3. The minimum absolute atomic E-state index is 0. The maximum atomic E-state index is 13.8. The van der Waals surface area contributed by atoms with Crippen molar-refractivity contribution in [3.8, 4) is 11.4 Å². The summed E-state index contributed by atoms with van der Waals surface area (Å²) in [6, 6.07) is 12.3. The van der Waals surface area contributed by atoms with Crippen LogP contribution in [0.1, 0.15) is 16.8 Å². The first-order valence-electron chi connectivity index (χ1n) is 9.70. The quantitative estimate of drug-likeness (QED) is 0.465. The Hall–Kier alpha value is -2.75. The number of ether oxygens (including phenoxy) is 1. The molecule has 0 saturated heterocycles. The van der Waals surface area contributed by atoms with Gasteiger partial charge in [-0.15, -0.1) is 12.4 Å². The van der Waals surface area contributed by atoms with Crippen molar-refractivity contribution in [1.82, 2.24) is 9.47 Å². The number of aromatic nitrogens is 1. The van der Waals surface area contributed by atoms with Crippen LogP contribution >= 0.6 is 28.3 Å². The fourth-order valence-electron chi connectivity index (χ4n) is 3.29. The Morgan fingerprint density at radius 2 is 1.82 bits per heavy atom. The summed E-state index contributed by atoms with van der Waals surface area (Å²) in [5.74, 6) is -1.53. The van der Waals surface area contributed by atoms with E-state index in [4.69, 9.17) is 10.5 Å². The lowest BCUT2D eigenvalue weighted by molar-refractivity contribution is -0.118. The average Bonchev–Trinajstić information content (AvgIpc) is 2.71. The van der Waals surface area contributed by atoms with E-state index in [9.17, 15) is 18.4 Å². The zero-order chi connectivity index (χ0) is 23.4. The highest BCUT2D eigenvalue weighted by Crippen LogP contribution is 2.25. The fourth-order valence-corrected chi connectivity index (χ4v) is 3.69. The minimum atomic E-state index is -0.715. The molecule has 0 bridgehead atoms. The molecule has 3 rings (SSSR count). The number of carbonyl (C=O) groups excluding carboxylic acids is 1. The number of aryl methyl sites for hydroxylation is 1. The van der Waals surface area contributed by atoms with Gasteiger partial charge in [-0.2, -0.15) is 0 Å². The van der Waals surface area contributed by atoms with Crippen LogP contribution in [0.2, 0.25) is 0 Å². The molecule has 0 spiro atoms. The standard InChI is InChI=1S/C23H22BrF2N3O3.ClH/c1-14-9-20(32-13-16-5-6-17(25)10-19(16)26)22(24)23(31)29(14)18-7-3-15(4-8-18)11-28(2)12-21(27)30;/h3-10H,11-13H2,1-2H3,(H2,27,30);1H. The predicted octanol–water partition coefficient (Wildman–Crippen LogP) is 4.10. The van der Waals surface area contributed by atoms with E-state index >= 15 is 0 Å². The molecule has 1 heterocycles. The topological polar surface area (TPSA) is 77.6 Å². The van der Waals surface area contributed by atoms with Gasteiger partial charge < -0.3 is 10.5 Å². The Kier molecular flexibility index (Phi) is 9.16. The lowest BCUT2D eigenvalue weighted by Gasteiger charge is -2.17. The summed E-state index contributed by atoms with van der Waals surface area (Å²) in [6.07, 6.45) is 0. The molecule has 0 aliphatic rings. The normalized spacial score (nSPS) is 10.7. The molecule has 176 valence electrons. The molecule has 1 aromatic heterocycles. The van der Waals surface area contributed by atoms with E-state index in [-0.39, 0.29) is 46.9 Å². The molecular weight excluding hydrogens is 520 g/mol. The van der Waals surface area contributed by atoms with Gasteiger partial charge in [0.15, 0.2) is 0 Å². The van der Waals surface area contributed by atoms with Gasteiger partial charge in [-0.05, 0) is 59.7 Å². The molecule has 0 radical (unpaired) electrons. The van der Waals surface area contributed by atoms with Crippen molar-refractivity contribution >= 4 is 34.2 Å². The monoisotopic (exact) mass is 541 g/mol. The smallest absolute Gasteiger partial charge is 0.273 e. The molecule has 0 fully saturated rings. The molecule has 2 N–H and O–H groups in total. The summed E-state index contributed by atoms with van der Waals surface area (Å²) in [7, 11) is 1.79. The molecule has 0 atom stereocenters. The van der Waals surface area contributed by atoms with E-state index in [2.05, 4.69) is 15.9 Å². The van der Waals surface area contributed by atoms with E-state index in [1.807, 2.05) is 24.3 Å². The van der Waals surface area contributed by atoms with Gasteiger partial charge in [-0.1, -0.05) is 12.1 Å². The molecule has 2 aromatic carbocycles. The van der Waals surface area contributed by atoms with E-state index in [0.29, 0.717) is 17.9 Å². The van der Waals surface area contributed by atoms with Gasteiger partial charge in [-0.3, -0.25) is 19.1 Å². The second-order valence-electron chi connectivity index (χ2n) is 7.43. The number of hydrogen-bond acceptors (Lipinski definition) is 4. The van der Waals surface area contributed by atoms with E-state index in [1.54, 1.807) is 24.9 Å². The first kappa shape index (κ1) is 26.5. The first-order chi connectivity index (χ1) is 15.2. The third-order valence-electron chi connectivity index (χ3n) is 4.77. The SMILES string of the molecule is Cc1cc(OCc2ccc(F)cc2F)c(Br)c(=O)n1-c1ccc(CN(C)CC(N)=O)cc1.Cl. The number of hydrogen-bond donors (Lipinski definition) is 1. The molecule has 0 unspecified atom stereocenters. The van der Waals surface area contributed by atoms with Crippen LogP contribution in [0.15, 0.2) is 57.8 Å². The third-order valence-corrected chi connectivity index (χ3v) is 5.50. The van der Waals surface area contributed by atoms with Crippen molar-refractivity contribution in [2.45, 2.75) is 20.1 Å². The maximum Gasteiger partial charge on any atom is 0.273 e. The van der Waals surface area contributed by atoms with E-state index < -0.39 is 17.5 Å². The summed E-state index contributed by atoms with van der Waals surface area (Å²) < 4.78 is 34.3. The van der Waals surface area contributed by atoms with Crippen LogP contribution in [-0.4, -0.2) is 29.0 Å². The van der Waals surface area contributed by atoms with Gasteiger partial charge in [0.2, 0.25) is 5.91 Å². The van der Waals surface area contributed by atoms with Gasteiger partial charge in [0.05, 0.1) is 6.54 Å². The molecule has 0 aliphatic carbocycles. The Morgan fingerprint density at radius 3 is 2.42 bits per heavy atom. The zero-order valence-corrected chi connectivity index (χ0v) is 20.4. The lowest BCUT2D eigenvalue weighted by Crippen LogP contribution is -2.30. The average molecular weight is 543 g/mol. The fraction of sp³-hybridized carbons (Fsp3) is 0.217. The van der Waals surface area contributed by atoms with Crippen LogP contribution in [0.25, 0.3) is 5.69 Å². The summed E-state index contributed by atoms with van der Waals surface area (Å²) in [5.41, 5.74) is 7.29. The van der Waals surface area contributed by atoms with Gasteiger partial charge in [0, 0.05) is 35.6 Å². The van der Waals surface area contributed by atoms with Crippen LogP contribution in [-0.2, 0) is 17.9 Å². The largest absolute Gasteiger partial charge is 0.487 e. The molecule has 10 heteroatoms. The molecule has 1 amide bonds. The second kappa shape index (κ2) is 11.4. The number of likely N-dealkylation sites (N-methyl/N-ethyl adjacent to an activating group) is 1. The van der Waals surface area contributed by atoms with Crippen LogP contribution < -0.4 is 16.0 Å². The van der Waals surface area contributed by atoms with Gasteiger partial charge >= 0.3 is 0 Å².